The van der Waals surface area contributed by atoms with Crippen LogP contribution in [-0.2, 0) is 21.2 Å². The zero-order valence-corrected chi connectivity index (χ0v) is 12.3. The predicted molar refractivity (Wildman–Crippen MR) is 75.0 cm³/mol. The zero-order chi connectivity index (χ0) is 14.8. The van der Waals surface area contributed by atoms with E-state index < -0.39 is 10.0 Å². The van der Waals surface area contributed by atoms with Crippen molar-refractivity contribution in [3.63, 3.8) is 0 Å². The van der Waals surface area contributed by atoms with Crippen LogP contribution in [0.15, 0.2) is 24.3 Å². The monoisotopic (exact) mass is 298 g/mol. The first-order chi connectivity index (χ1) is 9.36. The van der Waals surface area contributed by atoms with Crippen LogP contribution in [-0.4, -0.2) is 51.1 Å². The second-order valence-corrected chi connectivity index (χ2v) is 6.96. The van der Waals surface area contributed by atoms with E-state index in [0.29, 0.717) is 6.54 Å². The van der Waals surface area contributed by atoms with Crippen LogP contribution in [0.25, 0.3) is 0 Å². The lowest BCUT2D eigenvalue weighted by molar-refractivity contribution is -0.121. The van der Waals surface area contributed by atoms with Crippen molar-refractivity contribution in [2.24, 2.45) is 0 Å². The highest BCUT2D eigenvalue weighted by molar-refractivity contribution is 7.88. The van der Waals surface area contributed by atoms with Gasteiger partial charge in [-0.2, -0.15) is 4.31 Å². The number of para-hydroxylation sites is 1. The number of fused-ring (bicyclic) bond motifs is 1. The van der Waals surface area contributed by atoms with Gasteiger partial charge in [-0.05, 0) is 11.6 Å². The van der Waals surface area contributed by atoms with Crippen LogP contribution in [0.1, 0.15) is 5.56 Å². The minimum atomic E-state index is -3.34. The molecule has 0 spiro atoms. The quantitative estimate of drug-likeness (QED) is 0.830. The first-order valence-corrected chi connectivity index (χ1v) is 8.13. The maximum Gasteiger partial charge on any atom is 0.235 e. The molecule has 7 heteroatoms. The fourth-order valence-corrected chi connectivity index (χ4v) is 2.32. The average molecular weight is 298 g/mol. The van der Waals surface area contributed by atoms with Crippen molar-refractivity contribution in [3.05, 3.63) is 29.8 Å². The molecule has 0 bridgehead atoms. The molecule has 0 aromatic heterocycles. The Kier molecular flexibility index (Phi) is 4.29. The van der Waals surface area contributed by atoms with Crippen LogP contribution in [0.3, 0.4) is 0 Å². The minimum Gasteiger partial charge on any atom is -0.488 e. The number of rotatable bonds is 5. The zero-order valence-electron chi connectivity index (χ0n) is 11.5. The van der Waals surface area contributed by atoms with Gasteiger partial charge in [0.15, 0.2) is 0 Å². The molecule has 1 amide bonds. The Bertz CT molecular complexity index is 575. The SMILES string of the molecule is CN(CC(=O)NCC1Cc2ccccc2O1)S(C)(=O)=O. The van der Waals surface area contributed by atoms with Crippen LogP contribution in [0, 0.1) is 0 Å². The molecule has 0 fully saturated rings. The number of amides is 1. The molecule has 2 rings (SSSR count). The molecule has 1 aromatic carbocycles. The standard InChI is InChI=1S/C13H18N2O4S/c1-15(20(2,17)18)9-13(16)14-8-11-7-10-5-3-4-6-12(10)19-11/h3-6,11H,7-9H2,1-2H3,(H,14,16). The second-order valence-electron chi connectivity index (χ2n) is 4.87. The van der Waals surface area contributed by atoms with E-state index in [-0.39, 0.29) is 18.6 Å². The van der Waals surface area contributed by atoms with E-state index in [2.05, 4.69) is 5.32 Å². The first-order valence-electron chi connectivity index (χ1n) is 6.29. The van der Waals surface area contributed by atoms with Gasteiger partial charge < -0.3 is 10.1 Å². The fraction of sp³-hybridized carbons (Fsp3) is 0.462. The molecule has 1 aliphatic heterocycles. The van der Waals surface area contributed by atoms with E-state index >= 15 is 0 Å². The summed E-state index contributed by atoms with van der Waals surface area (Å²) in [5, 5.41) is 2.69. The number of hydrogen-bond donors (Lipinski definition) is 1. The number of benzene rings is 1. The summed E-state index contributed by atoms with van der Waals surface area (Å²) >= 11 is 0. The van der Waals surface area contributed by atoms with E-state index in [4.69, 9.17) is 4.74 Å². The van der Waals surface area contributed by atoms with Gasteiger partial charge in [0, 0.05) is 13.5 Å². The number of nitrogens with zero attached hydrogens (tertiary/aromatic N) is 1. The predicted octanol–water partition coefficient (Wildman–Crippen LogP) is -0.00230. The molecule has 0 saturated carbocycles. The highest BCUT2D eigenvalue weighted by atomic mass is 32.2. The molecule has 0 aliphatic carbocycles. The Morgan fingerprint density at radius 2 is 2.15 bits per heavy atom. The Labute approximate surface area is 118 Å². The van der Waals surface area contributed by atoms with Crippen molar-refractivity contribution < 1.29 is 17.9 Å². The number of carbonyl (C=O) groups excluding carboxylic acids is 1. The summed E-state index contributed by atoms with van der Waals surface area (Å²) in [5.41, 5.74) is 1.13. The summed E-state index contributed by atoms with van der Waals surface area (Å²) in [6.45, 7) is 0.184. The minimum absolute atomic E-state index is 0.0973. The number of carbonyl (C=O) groups is 1. The molecule has 1 aliphatic rings. The van der Waals surface area contributed by atoms with Crippen molar-refractivity contribution in [3.8, 4) is 5.75 Å². The van der Waals surface area contributed by atoms with E-state index in [0.717, 1.165) is 28.3 Å². The molecular weight excluding hydrogens is 280 g/mol. The largest absolute Gasteiger partial charge is 0.488 e. The number of hydrogen-bond acceptors (Lipinski definition) is 4. The second kappa shape index (κ2) is 5.80. The van der Waals surface area contributed by atoms with Crippen LogP contribution in [0.5, 0.6) is 5.75 Å². The maximum absolute atomic E-state index is 11.7. The Morgan fingerprint density at radius 3 is 2.80 bits per heavy atom. The summed E-state index contributed by atoms with van der Waals surface area (Å²) < 4.78 is 29.1. The Hall–Kier alpha value is -1.60. The number of likely N-dealkylation sites (N-methyl/N-ethyl adjacent to an activating group) is 1. The van der Waals surface area contributed by atoms with Crippen molar-refractivity contribution in [2.45, 2.75) is 12.5 Å². The molecule has 0 saturated heterocycles. The Balaban J connectivity index is 1.79. The topological polar surface area (TPSA) is 75.7 Å². The highest BCUT2D eigenvalue weighted by Gasteiger charge is 2.23. The molecule has 6 nitrogen and oxygen atoms in total. The van der Waals surface area contributed by atoms with Gasteiger partial charge in [-0.1, -0.05) is 18.2 Å². The molecule has 1 aromatic rings. The third kappa shape index (κ3) is 3.71. The van der Waals surface area contributed by atoms with Crippen LogP contribution < -0.4 is 10.1 Å². The van der Waals surface area contributed by atoms with Crippen molar-refractivity contribution in [1.82, 2.24) is 9.62 Å². The number of ether oxygens (including phenoxy) is 1. The van der Waals surface area contributed by atoms with Gasteiger partial charge in [0.2, 0.25) is 15.9 Å². The van der Waals surface area contributed by atoms with Crippen LogP contribution in [0.4, 0.5) is 0 Å². The van der Waals surface area contributed by atoms with Gasteiger partial charge >= 0.3 is 0 Å². The molecule has 1 unspecified atom stereocenters. The molecule has 0 radical (unpaired) electrons. The number of nitrogens with one attached hydrogen (secondary N) is 1. The summed E-state index contributed by atoms with van der Waals surface area (Å²) in [7, 11) is -1.97. The van der Waals surface area contributed by atoms with Crippen molar-refractivity contribution in [1.29, 1.82) is 0 Å². The van der Waals surface area contributed by atoms with E-state index in [1.807, 2.05) is 24.3 Å². The van der Waals surface area contributed by atoms with Gasteiger partial charge in [0.05, 0.1) is 19.3 Å². The van der Waals surface area contributed by atoms with E-state index in [1.54, 1.807) is 0 Å². The van der Waals surface area contributed by atoms with Gasteiger partial charge in [-0.15, -0.1) is 0 Å². The highest BCUT2D eigenvalue weighted by Crippen LogP contribution is 2.27. The van der Waals surface area contributed by atoms with Gasteiger partial charge in [-0.3, -0.25) is 4.79 Å². The van der Waals surface area contributed by atoms with Crippen molar-refractivity contribution in [2.75, 3.05) is 26.4 Å². The summed E-state index contributed by atoms with van der Waals surface area (Å²) in [6.07, 6.45) is 1.72. The summed E-state index contributed by atoms with van der Waals surface area (Å²) in [4.78, 5) is 11.7. The number of sulfonamides is 1. The first kappa shape index (κ1) is 14.8. The lowest BCUT2D eigenvalue weighted by atomic mass is 10.1. The fourth-order valence-electron chi connectivity index (χ4n) is 1.97. The van der Waals surface area contributed by atoms with Gasteiger partial charge in [0.25, 0.3) is 0 Å². The summed E-state index contributed by atoms with van der Waals surface area (Å²) in [5.74, 6) is 0.512. The molecular formula is C13H18N2O4S. The normalized spacial score (nSPS) is 17.6. The van der Waals surface area contributed by atoms with E-state index in [9.17, 15) is 13.2 Å². The lowest BCUT2D eigenvalue weighted by Crippen LogP contribution is -2.41. The maximum atomic E-state index is 11.7. The third-order valence-electron chi connectivity index (χ3n) is 3.17. The molecule has 1 atom stereocenters. The third-order valence-corrected chi connectivity index (χ3v) is 4.43. The van der Waals surface area contributed by atoms with Gasteiger partial charge in [-0.25, -0.2) is 8.42 Å². The smallest absolute Gasteiger partial charge is 0.235 e. The summed E-state index contributed by atoms with van der Waals surface area (Å²) in [6, 6.07) is 7.74. The van der Waals surface area contributed by atoms with E-state index in [1.165, 1.54) is 7.05 Å². The molecule has 1 N–H and O–H groups in total. The molecule has 110 valence electrons. The Morgan fingerprint density at radius 1 is 1.45 bits per heavy atom. The lowest BCUT2D eigenvalue weighted by Gasteiger charge is -2.15. The molecule has 1 heterocycles. The van der Waals surface area contributed by atoms with Crippen LogP contribution in [0.2, 0.25) is 0 Å². The average Bonchev–Trinajstić information content (AvgIpc) is 2.78. The molecule has 20 heavy (non-hydrogen) atoms. The van der Waals surface area contributed by atoms with Crippen LogP contribution >= 0.6 is 0 Å². The van der Waals surface area contributed by atoms with Gasteiger partial charge in [0.1, 0.15) is 11.9 Å². The van der Waals surface area contributed by atoms with Crippen molar-refractivity contribution >= 4 is 15.9 Å².